The molecule has 0 unspecified atom stereocenters. The second-order valence-electron chi connectivity index (χ2n) is 5.47. The van der Waals surface area contributed by atoms with Crippen LogP contribution >= 0.6 is 11.8 Å². The quantitative estimate of drug-likeness (QED) is 0.678. The van der Waals surface area contributed by atoms with E-state index in [0.29, 0.717) is 24.2 Å². The SMILES string of the molecule is Cc1cc(S[C@H]2CCOC2=O)n2c(nc3ccccc32)c1C#N. The summed E-state index contributed by atoms with van der Waals surface area (Å²) in [7, 11) is 0. The number of carbonyl (C=O) groups excluding carboxylic acids is 1. The Kier molecular flexibility index (Phi) is 3.24. The van der Waals surface area contributed by atoms with Crippen molar-refractivity contribution in [2.45, 2.75) is 23.6 Å². The topological polar surface area (TPSA) is 67.4 Å². The number of esters is 1. The molecule has 23 heavy (non-hydrogen) atoms. The largest absolute Gasteiger partial charge is 0.465 e. The average Bonchev–Trinajstić information content (AvgIpc) is 3.11. The molecule has 6 heteroatoms. The minimum absolute atomic E-state index is 0.172. The van der Waals surface area contributed by atoms with E-state index in [1.165, 1.54) is 11.8 Å². The van der Waals surface area contributed by atoms with E-state index in [2.05, 4.69) is 11.1 Å². The standard InChI is InChI=1S/C17H13N3O2S/c1-10-8-15(23-14-6-7-22-17(14)21)20-13-5-3-2-4-12(13)19-16(20)11(10)9-18/h2-5,8,14H,6-7H2,1H3/t14-/m0/s1. The molecule has 0 radical (unpaired) electrons. The Balaban J connectivity index is 1.99. The molecular formula is C17H13N3O2S. The number of thioether (sulfide) groups is 1. The molecule has 1 aliphatic rings. The van der Waals surface area contributed by atoms with Gasteiger partial charge in [-0.25, -0.2) is 4.98 Å². The molecule has 3 heterocycles. The highest BCUT2D eigenvalue weighted by molar-refractivity contribution is 8.00. The van der Waals surface area contributed by atoms with Crippen LogP contribution in [0.5, 0.6) is 0 Å². The van der Waals surface area contributed by atoms with Crippen molar-refractivity contribution < 1.29 is 9.53 Å². The lowest BCUT2D eigenvalue weighted by Crippen LogP contribution is -2.10. The average molecular weight is 323 g/mol. The van der Waals surface area contributed by atoms with Crippen molar-refractivity contribution in [3.63, 3.8) is 0 Å². The van der Waals surface area contributed by atoms with E-state index in [1.807, 2.05) is 41.7 Å². The molecule has 1 fully saturated rings. The summed E-state index contributed by atoms with van der Waals surface area (Å²) in [6.45, 7) is 2.37. The molecule has 0 spiro atoms. The van der Waals surface area contributed by atoms with E-state index in [-0.39, 0.29) is 11.2 Å². The minimum Gasteiger partial charge on any atom is -0.465 e. The van der Waals surface area contributed by atoms with Crippen LogP contribution < -0.4 is 0 Å². The number of rotatable bonds is 2. The van der Waals surface area contributed by atoms with Gasteiger partial charge in [0.15, 0.2) is 5.65 Å². The van der Waals surface area contributed by atoms with Gasteiger partial charge >= 0.3 is 5.97 Å². The van der Waals surface area contributed by atoms with Crippen LogP contribution in [0.4, 0.5) is 0 Å². The zero-order valence-electron chi connectivity index (χ0n) is 12.4. The van der Waals surface area contributed by atoms with Gasteiger partial charge in [0.25, 0.3) is 0 Å². The highest BCUT2D eigenvalue weighted by atomic mass is 32.2. The van der Waals surface area contributed by atoms with Gasteiger partial charge in [0.1, 0.15) is 11.3 Å². The van der Waals surface area contributed by atoms with Gasteiger partial charge in [-0.05, 0) is 30.7 Å². The Labute approximate surface area is 136 Å². The number of aromatic nitrogens is 2. The maximum atomic E-state index is 11.8. The molecule has 1 aliphatic heterocycles. The molecule has 1 atom stereocenters. The number of pyridine rings is 1. The van der Waals surface area contributed by atoms with Gasteiger partial charge in [0, 0.05) is 6.42 Å². The fourth-order valence-corrected chi connectivity index (χ4v) is 4.08. The van der Waals surface area contributed by atoms with Crippen LogP contribution in [0.2, 0.25) is 0 Å². The van der Waals surface area contributed by atoms with Crippen molar-refractivity contribution in [2.75, 3.05) is 6.61 Å². The van der Waals surface area contributed by atoms with Gasteiger partial charge in [-0.1, -0.05) is 23.9 Å². The number of aryl methyl sites for hydroxylation is 1. The molecule has 5 nitrogen and oxygen atoms in total. The highest BCUT2D eigenvalue weighted by Gasteiger charge is 2.29. The summed E-state index contributed by atoms with van der Waals surface area (Å²) >= 11 is 1.48. The molecule has 4 rings (SSSR count). The molecule has 1 aromatic carbocycles. The minimum atomic E-state index is -0.202. The molecule has 2 aromatic heterocycles. The number of imidazole rings is 1. The van der Waals surface area contributed by atoms with E-state index in [4.69, 9.17) is 4.74 Å². The van der Waals surface area contributed by atoms with Crippen LogP contribution in [0.1, 0.15) is 17.5 Å². The van der Waals surface area contributed by atoms with Crippen LogP contribution in [0.3, 0.4) is 0 Å². The first-order valence-electron chi connectivity index (χ1n) is 7.33. The Morgan fingerprint density at radius 3 is 3.00 bits per heavy atom. The molecule has 0 N–H and O–H groups in total. The number of cyclic esters (lactones) is 1. The van der Waals surface area contributed by atoms with Crippen LogP contribution in [0.15, 0.2) is 35.4 Å². The Morgan fingerprint density at radius 2 is 2.26 bits per heavy atom. The van der Waals surface area contributed by atoms with E-state index < -0.39 is 0 Å². The first-order chi connectivity index (χ1) is 11.2. The molecule has 114 valence electrons. The number of benzene rings is 1. The van der Waals surface area contributed by atoms with Crippen LogP contribution in [-0.2, 0) is 9.53 Å². The van der Waals surface area contributed by atoms with Crippen LogP contribution in [0.25, 0.3) is 16.7 Å². The normalized spacial score (nSPS) is 17.6. The van der Waals surface area contributed by atoms with Crippen molar-refractivity contribution >= 4 is 34.4 Å². The van der Waals surface area contributed by atoms with Gasteiger partial charge in [-0.2, -0.15) is 5.26 Å². The van der Waals surface area contributed by atoms with E-state index in [1.54, 1.807) is 0 Å². The number of ether oxygens (including phenoxy) is 1. The Hall–Kier alpha value is -2.52. The third-order valence-electron chi connectivity index (χ3n) is 4.00. The summed E-state index contributed by atoms with van der Waals surface area (Å²) in [4.78, 5) is 16.4. The first-order valence-corrected chi connectivity index (χ1v) is 8.21. The number of fused-ring (bicyclic) bond motifs is 3. The summed E-state index contributed by atoms with van der Waals surface area (Å²) in [5.74, 6) is -0.172. The lowest BCUT2D eigenvalue weighted by molar-refractivity contribution is -0.137. The van der Waals surface area contributed by atoms with Crippen LogP contribution in [0, 0.1) is 18.3 Å². The zero-order valence-corrected chi connectivity index (χ0v) is 13.3. The lowest BCUT2D eigenvalue weighted by atomic mass is 10.2. The number of para-hydroxylation sites is 2. The number of hydrogen-bond donors (Lipinski definition) is 0. The zero-order chi connectivity index (χ0) is 16.0. The maximum absolute atomic E-state index is 11.8. The monoisotopic (exact) mass is 323 g/mol. The predicted molar refractivity (Wildman–Crippen MR) is 87.4 cm³/mol. The molecule has 0 saturated carbocycles. The number of carbonyl (C=O) groups is 1. The number of hydrogen-bond acceptors (Lipinski definition) is 5. The van der Waals surface area contributed by atoms with E-state index in [0.717, 1.165) is 21.6 Å². The molecular weight excluding hydrogens is 310 g/mol. The molecule has 0 bridgehead atoms. The Morgan fingerprint density at radius 1 is 1.43 bits per heavy atom. The number of nitrogens with zero attached hydrogens (tertiary/aromatic N) is 3. The van der Waals surface area contributed by atoms with E-state index >= 15 is 0 Å². The molecule has 0 aliphatic carbocycles. The van der Waals surface area contributed by atoms with Gasteiger partial charge < -0.3 is 4.74 Å². The summed E-state index contributed by atoms with van der Waals surface area (Å²) < 4.78 is 7.03. The molecule has 0 amide bonds. The third kappa shape index (κ3) is 2.16. The fraction of sp³-hybridized carbons (Fsp3) is 0.235. The van der Waals surface area contributed by atoms with Crippen molar-refractivity contribution in [1.82, 2.24) is 9.38 Å². The van der Waals surface area contributed by atoms with Gasteiger partial charge in [0.2, 0.25) is 0 Å². The highest BCUT2D eigenvalue weighted by Crippen LogP contribution is 2.34. The second kappa shape index (κ2) is 5.28. The van der Waals surface area contributed by atoms with Crippen molar-refractivity contribution in [2.24, 2.45) is 0 Å². The maximum Gasteiger partial charge on any atom is 0.319 e. The molecule has 3 aromatic rings. The van der Waals surface area contributed by atoms with Gasteiger partial charge in [-0.15, -0.1) is 0 Å². The second-order valence-corrected chi connectivity index (χ2v) is 6.70. The lowest BCUT2D eigenvalue weighted by Gasteiger charge is -2.11. The molecule has 1 saturated heterocycles. The summed E-state index contributed by atoms with van der Waals surface area (Å²) in [5.41, 5.74) is 3.85. The van der Waals surface area contributed by atoms with Crippen molar-refractivity contribution in [3.05, 3.63) is 41.5 Å². The number of nitriles is 1. The van der Waals surface area contributed by atoms with Gasteiger partial charge in [-0.3, -0.25) is 9.20 Å². The third-order valence-corrected chi connectivity index (χ3v) is 5.26. The Bertz CT molecular complexity index is 987. The fourth-order valence-electron chi connectivity index (χ4n) is 2.87. The smallest absolute Gasteiger partial charge is 0.319 e. The van der Waals surface area contributed by atoms with E-state index in [9.17, 15) is 10.1 Å². The van der Waals surface area contributed by atoms with Crippen molar-refractivity contribution in [1.29, 1.82) is 5.26 Å². The summed E-state index contributed by atoms with van der Waals surface area (Å²) in [5, 5.41) is 10.2. The van der Waals surface area contributed by atoms with Crippen LogP contribution in [-0.4, -0.2) is 27.2 Å². The van der Waals surface area contributed by atoms with Crippen molar-refractivity contribution in [3.8, 4) is 6.07 Å². The summed E-state index contributed by atoms with van der Waals surface area (Å²) in [6, 6.07) is 12.0. The predicted octanol–water partition coefficient (Wildman–Crippen LogP) is 3.08. The summed E-state index contributed by atoms with van der Waals surface area (Å²) in [6.07, 6.45) is 0.705. The van der Waals surface area contributed by atoms with Gasteiger partial charge in [0.05, 0.1) is 28.2 Å². The first kappa shape index (κ1) is 14.1.